The fourth-order valence-electron chi connectivity index (χ4n) is 3.55. The third-order valence-electron chi connectivity index (χ3n) is 5.43. The third-order valence-corrected chi connectivity index (χ3v) is 5.43. The normalized spacial score (nSPS) is 12.8. The number of hydrogen-bond donors (Lipinski definition) is 0. The number of nitriles is 2. The van der Waals surface area contributed by atoms with Crippen molar-refractivity contribution in [3.63, 3.8) is 0 Å². The van der Waals surface area contributed by atoms with Gasteiger partial charge in [-0.3, -0.25) is 0 Å². The summed E-state index contributed by atoms with van der Waals surface area (Å²) in [6.07, 6.45) is 1.37. The van der Waals surface area contributed by atoms with E-state index in [4.69, 9.17) is 4.74 Å². The molecule has 0 amide bonds. The fraction of sp³-hybridized carbons (Fsp3) is 0.292. The molecule has 2 aromatic carbocycles. The summed E-state index contributed by atoms with van der Waals surface area (Å²) in [6, 6.07) is 18.5. The first-order valence-corrected chi connectivity index (χ1v) is 9.33. The van der Waals surface area contributed by atoms with E-state index >= 15 is 0 Å². The number of nitrogens with zero attached hydrogens (tertiary/aromatic N) is 3. The molecule has 0 aliphatic rings. The number of benzene rings is 2. The molecule has 1 heterocycles. The van der Waals surface area contributed by atoms with Gasteiger partial charge in [-0.05, 0) is 61.6 Å². The number of hydrogen-bond acceptors (Lipinski definition) is 4. The molecule has 0 spiro atoms. The molecule has 4 nitrogen and oxygen atoms in total. The first kappa shape index (κ1) is 19.4. The SMILES string of the molecule is CCc1cc2ccc(C(C)(C#N)Cc3cccc(C#N)c3C)cc2nc1OC. The van der Waals surface area contributed by atoms with E-state index in [1.165, 1.54) is 0 Å². The fourth-order valence-corrected chi connectivity index (χ4v) is 3.55. The molecule has 0 saturated heterocycles. The predicted octanol–water partition coefficient (Wildman–Crippen LogP) is 5.01. The van der Waals surface area contributed by atoms with Crippen LogP contribution in [0.1, 0.15) is 41.7 Å². The molecule has 1 unspecified atom stereocenters. The molecule has 0 saturated carbocycles. The number of methoxy groups -OCH3 is 1. The number of pyridine rings is 1. The quantitative estimate of drug-likeness (QED) is 0.634. The molecule has 0 aliphatic heterocycles. The number of ether oxygens (including phenoxy) is 1. The summed E-state index contributed by atoms with van der Waals surface area (Å²) >= 11 is 0. The molecular formula is C24H23N3O. The van der Waals surface area contributed by atoms with Crippen LogP contribution in [0.5, 0.6) is 5.88 Å². The first-order valence-electron chi connectivity index (χ1n) is 9.33. The largest absolute Gasteiger partial charge is 0.481 e. The highest BCUT2D eigenvalue weighted by atomic mass is 16.5. The highest BCUT2D eigenvalue weighted by Gasteiger charge is 2.28. The second-order valence-electron chi connectivity index (χ2n) is 7.24. The lowest BCUT2D eigenvalue weighted by Crippen LogP contribution is -2.23. The van der Waals surface area contributed by atoms with Crippen LogP contribution < -0.4 is 4.74 Å². The van der Waals surface area contributed by atoms with Crippen LogP contribution >= 0.6 is 0 Å². The van der Waals surface area contributed by atoms with Gasteiger partial charge in [-0.15, -0.1) is 0 Å². The molecule has 4 heteroatoms. The lowest BCUT2D eigenvalue weighted by atomic mass is 9.77. The second kappa shape index (κ2) is 7.71. The lowest BCUT2D eigenvalue weighted by Gasteiger charge is -2.24. The minimum absolute atomic E-state index is 0.528. The number of fused-ring (bicyclic) bond motifs is 1. The zero-order chi connectivity index (χ0) is 20.3. The van der Waals surface area contributed by atoms with Gasteiger partial charge in [-0.25, -0.2) is 4.98 Å². The van der Waals surface area contributed by atoms with Crippen molar-refractivity contribution in [2.75, 3.05) is 7.11 Å². The van der Waals surface area contributed by atoms with Crippen molar-refractivity contribution in [1.29, 1.82) is 10.5 Å². The molecule has 3 rings (SSSR count). The Labute approximate surface area is 166 Å². The van der Waals surface area contributed by atoms with Crippen LogP contribution in [0.2, 0.25) is 0 Å². The van der Waals surface area contributed by atoms with Gasteiger partial charge in [0.05, 0.1) is 35.7 Å². The Balaban J connectivity index is 2.08. The Bertz CT molecular complexity index is 1120. The van der Waals surface area contributed by atoms with Crippen LogP contribution in [0.4, 0.5) is 0 Å². The molecule has 0 radical (unpaired) electrons. The minimum Gasteiger partial charge on any atom is -0.481 e. The van der Waals surface area contributed by atoms with Gasteiger partial charge >= 0.3 is 0 Å². The van der Waals surface area contributed by atoms with Crippen LogP contribution in [0.3, 0.4) is 0 Å². The summed E-state index contributed by atoms with van der Waals surface area (Å²) in [5.41, 5.74) is 4.64. The molecule has 3 aromatic rings. The number of rotatable bonds is 5. The lowest BCUT2D eigenvalue weighted by molar-refractivity contribution is 0.395. The molecule has 0 aliphatic carbocycles. The van der Waals surface area contributed by atoms with E-state index in [1.54, 1.807) is 13.2 Å². The monoisotopic (exact) mass is 369 g/mol. The highest BCUT2D eigenvalue weighted by molar-refractivity contribution is 5.81. The molecule has 0 fully saturated rings. The topological polar surface area (TPSA) is 69.7 Å². The molecular weight excluding hydrogens is 346 g/mol. The molecule has 1 aromatic heterocycles. The van der Waals surface area contributed by atoms with Crippen LogP contribution in [0.25, 0.3) is 10.9 Å². The van der Waals surface area contributed by atoms with Crippen LogP contribution in [0.15, 0.2) is 42.5 Å². The van der Waals surface area contributed by atoms with E-state index in [1.807, 2.05) is 44.2 Å². The van der Waals surface area contributed by atoms with Gasteiger partial charge < -0.3 is 4.74 Å². The van der Waals surface area contributed by atoms with Crippen LogP contribution in [0, 0.1) is 29.6 Å². The zero-order valence-corrected chi connectivity index (χ0v) is 16.7. The molecule has 0 bridgehead atoms. The Morgan fingerprint density at radius 2 is 1.89 bits per heavy atom. The van der Waals surface area contributed by atoms with Crippen molar-refractivity contribution in [1.82, 2.24) is 4.98 Å². The third kappa shape index (κ3) is 3.42. The van der Waals surface area contributed by atoms with Crippen molar-refractivity contribution in [2.45, 2.75) is 39.0 Å². The van der Waals surface area contributed by atoms with Crippen LogP contribution in [-0.2, 0) is 18.3 Å². The van der Waals surface area contributed by atoms with Crippen molar-refractivity contribution in [2.24, 2.45) is 0 Å². The van der Waals surface area contributed by atoms with Gasteiger partial charge in [-0.1, -0.05) is 31.2 Å². The van der Waals surface area contributed by atoms with E-state index in [9.17, 15) is 10.5 Å². The minimum atomic E-state index is -0.731. The Morgan fingerprint density at radius 1 is 1.11 bits per heavy atom. The van der Waals surface area contributed by atoms with Crippen molar-refractivity contribution in [3.8, 4) is 18.0 Å². The van der Waals surface area contributed by atoms with E-state index in [-0.39, 0.29) is 0 Å². The average molecular weight is 369 g/mol. The van der Waals surface area contributed by atoms with Gasteiger partial charge in [0.25, 0.3) is 0 Å². The summed E-state index contributed by atoms with van der Waals surface area (Å²) < 4.78 is 5.43. The maximum absolute atomic E-state index is 10.0. The maximum Gasteiger partial charge on any atom is 0.216 e. The van der Waals surface area contributed by atoms with E-state index in [0.717, 1.165) is 39.6 Å². The first-order chi connectivity index (χ1) is 13.5. The molecule has 140 valence electrons. The van der Waals surface area contributed by atoms with Gasteiger partial charge in [-0.2, -0.15) is 10.5 Å². The van der Waals surface area contributed by atoms with Gasteiger partial charge in [0.2, 0.25) is 5.88 Å². The Kier molecular flexibility index (Phi) is 5.34. The molecule has 28 heavy (non-hydrogen) atoms. The maximum atomic E-state index is 10.0. The number of aryl methyl sites for hydroxylation is 1. The van der Waals surface area contributed by atoms with Gasteiger partial charge in [0, 0.05) is 10.9 Å². The van der Waals surface area contributed by atoms with Crippen molar-refractivity contribution in [3.05, 3.63) is 70.3 Å². The van der Waals surface area contributed by atoms with Gasteiger partial charge in [0.15, 0.2) is 0 Å². The summed E-state index contributed by atoms with van der Waals surface area (Å²) in [7, 11) is 1.63. The van der Waals surface area contributed by atoms with E-state index in [0.29, 0.717) is 17.9 Å². The number of aromatic nitrogens is 1. The van der Waals surface area contributed by atoms with Crippen molar-refractivity contribution >= 4 is 10.9 Å². The zero-order valence-electron chi connectivity index (χ0n) is 16.7. The summed E-state index contributed by atoms with van der Waals surface area (Å²) in [6.45, 7) is 5.94. The van der Waals surface area contributed by atoms with E-state index in [2.05, 4.69) is 30.1 Å². The summed E-state index contributed by atoms with van der Waals surface area (Å²) in [5, 5.41) is 20.3. The Hall–Kier alpha value is -3.37. The van der Waals surface area contributed by atoms with E-state index < -0.39 is 5.41 Å². The van der Waals surface area contributed by atoms with Crippen molar-refractivity contribution < 1.29 is 4.74 Å². The molecule has 0 N–H and O–H groups in total. The van der Waals surface area contributed by atoms with Crippen LogP contribution in [-0.4, -0.2) is 12.1 Å². The second-order valence-corrected chi connectivity index (χ2v) is 7.24. The Morgan fingerprint density at radius 3 is 2.54 bits per heavy atom. The smallest absolute Gasteiger partial charge is 0.216 e. The summed E-state index contributed by atoms with van der Waals surface area (Å²) in [5.74, 6) is 0.628. The molecule has 1 atom stereocenters. The average Bonchev–Trinajstić information content (AvgIpc) is 2.73. The predicted molar refractivity (Wildman–Crippen MR) is 110 cm³/mol. The van der Waals surface area contributed by atoms with Gasteiger partial charge in [0.1, 0.15) is 0 Å². The highest BCUT2D eigenvalue weighted by Crippen LogP contribution is 2.32. The standard InChI is InChI=1S/C24H23N3O/c1-5-17-11-18-9-10-21(12-22(18)27-23(17)28-4)24(3,15-26)13-19-7-6-8-20(14-25)16(19)2/h6-12H,5,13H2,1-4H3. The summed E-state index contributed by atoms with van der Waals surface area (Å²) in [4.78, 5) is 4.65.